The molecule has 0 atom stereocenters. The number of nitrogens with one attached hydrogen (secondary N) is 1. The fraction of sp³-hybridized carbons (Fsp3) is 0.0667. The van der Waals surface area contributed by atoms with Crippen molar-refractivity contribution < 1.29 is 0 Å². The number of thiocarbonyl (C=S) groups is 1. The van der Waals surface area contributed by atoms with Gasteiger partial charge in [-0.3, -0.25) is 5.43 Å². The fourth-order valence-electron chi connectivity index (χ4n) is 1.86. The molecule has 0 aromatic heterocycles. The molecule has 0 aliphatic heterocycles. The van der Waals surface area contributed by atoms with Crippen LogP contribution in [0.15, 0.2) is 53.6 Å². The van der Waals surface area contributed by atoms with Crippen LogP contribution in [0.4, 0.5) is 5.69 Å². The first-order chi connectivity index (χ1) is 9.58. The molecule has 0 saturated carbocycles. The number of rotatable bonds is 3. The number of hydrogen-bond acceptors (Lipinski definition) is 3. The number of hydrogen-bond donors (Lipinski definition) is 3. The van der Waals surface area contributed by atoms with Gasteiger partial charge in [-0.25, -0.2) is 0 Å². The lowest BCUT2D eigenvalue weighted by molar-refractivity contribution is 1.03. The molecule has 0 radical (unpaired) electrons. The molecule has 0 saturated heterocycles. The van der Waals surface area contributed by atoms with Crippen molar-refractivity contribution in [3.8, 4) is 0 Å². The van der Waals surface area contributed by atoms with Gasteiger partial charge in [0.05, 0.1) is 5.71 Å². The Morgan fingerprint density at radius 2 is 1.85 bits per heavy atom. The maximum atomic E-state index is 6.06. The molecule has 5 heteroatoms. The van der Waals surface area contributed by atoms with Gasteiger partial charge in [-0.1, -0.05) is 42.0 Å². The van der Waals surface area contributed by atoms with E-state index in [0.717, 1.165) is 16.7 Å². The highest BCUT2D eigenvalue weighted by Crippen LogP contribution is 2.19. The first kappa shape index (κ1) is 14.0. The van der Waals surface area contributed by atoms with Crippen molar-refractivity contribution >= 4 is 28.7 Å². The molecule has 0 unspecified atom stereocenters. The summed E-state index contributed by atoms with van der Waals surface area (Å²) < 4.78 is 0. The second kappa shape index (κ2) is 6.16. The van der Waals surface area contributed by atoms with E-state index in [2.05, 4.69) is 10.5 Å². The molecule has 0 heterocycles. The Labute approximate surface area is 123 Å². The lowest BCUT2D eigenvalue weighted by Gasteiger charge is -2.11. The van der Waals surface area contributed by atoms with Crippen molar-refractivity contribution in [3.05, 3.63) is 65.2 Å². The van der Waals surface area contributed by atoms with Crippen LogP contribution >= 0.6 is 12.2 Å². The van der Waals surface area contributed by atoms with Crippen LogP contribution in [0.5, 0.6) is 0 Å². The van der Waals surface area contributed by atoms with Gasteiger partial charge in [0.1, 0.15) is 0 Å². The Kier molecular flexibility index (Phi) is 4.32. The molecular formula is C15H16N4S. The Hall–Kier alpha value is -2.40. The average molecular weight is 284 g/mol. The quantitative estimate of drug-likeness (QED) is 0.349. The van der Waals surface area contributed by atoms with Crippen molar-refractivity contribution in [2.75, 3.05) is 5.73 Å². The van der Waals surface area contributed by atoms with Crippen LogP contribution in [0.1, 0.15) is 16.7 Å². The zero-order valence-corrected chi connectivity index (χ0v) is 11.9. The molecule has 20 heavy (non-hydrogen) atoms. The normalized spacial score (nSPS) is 11.2. The third-order valence-corrected chi connectivity index (χ3v) is 2.88. The van der Waals surface area contributed by atoms with Crippen molar-refractivity contribution in [2.45, 2.75) is 6.92 Å². The average Bonchev–Trinajstić information content (AvgIpc) is 2.43. The lowest BCUT2D eigenvalue weighted by atomic mass is 9.99. The van der Waals surface area contributed by atoms with E-state index in [0.29, 0.717) is 11.4 Å². The van der Waals surface area contributed by atoms with E-state index in [4.69, 9.17) is 23.7 Å². The Bertz CT molecular complexity index is 650. The lowest BCUT2D eigenvalue weighted by Crippen LogP contribution is -2.26. The van der Waals surface area contributed by atoms with E-state index in [1.54, 1.807) is 0 Å². The summed E-state index contributed by atoms with van der Waals surface area (Å²) in [5, 5.41) is 4.40. The van der Waals surface area contributed by atoms with Crippen molar-refractivity contribution in [1.82, 2.24) is 5.43 Å². The minimum Gasteiger partial charge on any atom is -0.398 e. The second-order valence-corrected chi connectivity index (χ2v) is 4.83. The fourth-order valence-corrected chi connectivity index (χ4v) is 1.91. The number of nitrogens with two attached hydrogens (primary N) is 2. The molecule has 2 aromatic carbocycles. The number of anilines is 1. The Morgan fingerprint density at radius 3 is 2.50 bits per heavy atom. The van der Waals surface area contributed by atoms with Gasteiger partial charge in [-0.05, 0) is 31.3 Å². The highest BCUT2D eigenvalue weighted by atomic mass is 32.1. The number of hydrazone groups is 1. The number of benzene rings is 2. The molecule has 0 bridgehead atoms. The summed E-state index contributed by atoms with van der Waals surface area (Å²) in [5.74, 6) is 0. The van der Waals surface area contributed by atoms with Gasteiger partial charge in [0.25, 0.3) is 0 Å². The van der Waals surface area contributed by atoms with Gasteiger partial charge < -0.3 is 11.5 Å². The molecule has 0 spiro atoms. The maximum absolute atomic E-state index is 6.06. The summed E-state index contributed by atoms with van der Waals surface area (Å²) in [7, 11) is 0. The first-order valence-corrected chi connectivity index (χ1v) is 6.54. The van der Waals surface area contributed by atoms with E-state index in [-0.39, 0.29) is 5.11 Å². The van der Waals surface area contributed by atoms with Crippen LogP contribution in [0, 0.1) is 6.92 Å². The molecule has 0 aliphatic rings. The molecule has 0 fully saturated rings. The van der Waals surface area contributed by atoms with Gasteiger partial charge >= 0.3 is 0 Å². The summed E-state index contributed by atoms with van der Waals surface area (Å²) in [4.78, 5) is 0. The van der Waals surface area contributed by atoms with Gasteiger partial charge in [0.15, 0.2) is 5.11 Å². The number of aryl methyl sites for hydroxylation is 1. The predicted molar refractivity (Wildman–Crippen MR) is 87.6 cm³/mol. The molecule has 4 nitrogen and oxygen atoms in total. The van der Waals surface area contributed by atoms with Crippen LogP contribution in [0.25, 0.3) is 0 Å². The van der Waals surface area contributed by atoms with E-state index < -0.39 is 0 Å². The highest BCUT2D eigenvalue weighted by molar-refractivity contribution is 7.80. The van der Waals surface area contributed by atoms with Crippen LogP contribution in [-0.4, -0.2) is 10.8 Å². The summed E-state index contributed by atoms with van der Waals surface area (Å²) in [5.41, 5.74) is 18.4. The summed E-state index contributed by atoms with van der Waals surface area (Å²) in [6.07, 6.45) is 0. The molecule has 5 N–H and O–H groups in total. The maximum Gasteiger partial charge on any atom is 0.184 e. The SMILES string of the molecule is Cc1ccc(N)c(/C(=N/NC(N)=S)c2ccccc2)c1. The standard InChI is InChI=1S/C15H16N4S/c1-10-7-8-13(16)12(9-10)14(18-19-15(17)20)11-5-3-2-4-6-11/h2-9H,16H2,1H3,(H3,17,19,20)/b18-14+. The van der Waals surface area contributed by atoms with Gasteiger partial charge in [-0.15, -0.1) is 0 Å². The van der Waals surface area contributed by atoms with E-state index in [1.165, 1.54) is 0 Å². The zero-order chi connectivity index (χ0) is 14.5. The minimum atomic E-state index is 0.115. The first-order valence-electron chi connectivity index (χ1n) is 6.13. The smallest absolute Gasteiger partial charge is 0.184 e. The van der Waals surface area contributed by atoms with Crippen LogP contribution in [-0.2, 0) is 0 Å². The molecule has 2 aromatic rings. The van der Waals surface area contributed by atoms with E-state index in [9.17, 15) is 0 Å². The second-order valence-electron chi connectivity index (χ2n) is 4.39. The summed E-state index contributed by atoms with van der Waals surface area (Å²) in [6.45, 7) is 2.01. The summed E-state index contributed by atoms with van der Waals surface area (Å²) >= 11 is 4.80. The van der Waals surface area contributed by atoms with Crippen LogP contribution in [0.2, 0.25) is 0 Å². The van der Waals surface area contributed by atoms with Crippen LogP contribution in [0.3, 0.4) is 0 Å². The number of nitrogens with zero attached hydrogens (tertiary/aromatic N) is 1. The number of nitrogen functional groups attached to an aromatic ring is 1. The third-order valence-electron chi connectivity index (χ3n) is 2.79. The molecule has 102 valence electrons. The van der Waals surface area contributed by atoms with Crippen molar-refractivity contribution in [3.63, 3.8) is 0 Å². The predicted octanol–water partition coefficient (Wildman–Crippen LogP) is 2.16. The van der Waals surface area contributed by atoms with Gasteiger partial charge in [0, 0.05) is 16.8 Å². The van der Waals surface area contributed by atoms with E-state index in [1.807, 2.05) is 55.5 Å². The third kappa shape index (κ3) is 3.33. The molecular weight excluding hydrogens is 268 g/mol. The Morgan fingerprint density at radius 1 is 1.15 bits per heavy atom. The molecule has 0 amide bonds. The van der Waals surface area contributed by atoms with Crippen molar-refractivity contribution in [2.24, 2.45) is 10.8 Å². The largest absolute Gasteiger partial charge is 0.398 e. The molecule has 0 aliphatic carbocycles. The minimum absolute atomic E-state index is 0.115. The van der Waals surface area contributed by atoms with Gasteiger partial charge in [-0.2, -0.15) is 5.10 Å². The zero-order valence-electron chi connectivity index (χ0n) is 11.1. The Balaban J connectivity index is 2.55. The van der Waals surface area contributed by atoms with E-state index >= 15 is 0 Å². The van der Waals surface area contributed by atoms with Gasteiger partial charge in [0.2, 0.25) is 0 Å². The summed E-state index contributed by atoms with van der Waals surface area (Å²) in [6, 6.07) is 15.6. The molecule has 2 rings (SSSR count). The van der Waals surface area contributed by atoms with Crippen LogP contribution < -0.4 is 16.9 Å². The van der Waals surface area contributed by atoms with Crippen molar-refractivity contribution in [1.29, 1.82) is 0 Å². The topological polar surface area (TPSA) is 76.4 Å². The highest BCUT2D eigenvalue weighted by Gasteiger charge is 2.11. The monoisotopic (exact) mass is 284 g/mol.